The van der Waals surface area contributed by atoms with E-state index in [9.17, 15) is 8.42 Å². The smallest absolute Gasteiger partial charge is 0.240 e. The normalized spacial score (nSPS) is 11.4. The maximum atomic E-state index is 12.0. The Morgan fingerprint density at radius 3 is 2.35 bits per heavy atom. The van der Waals surface area contributed by atoms with Crippen molar-refractivity contribution >= 4 is 27.3 Å². The van der Waals surface area contributed by atoms with Crippen molar-refractivity contribution < 1.29 is 8.42 Å². The number of sulfonamides is 1. The fourth-order valence-corrected chi connectivity index (χ4v) is 3.01. The first-order valence-electron chi connectivity index (χ1n) is 6.08. The van der Waals surface area contributed by atoms with Crippen molar-refractivity contribution in [3.8, 4) is 0 Å². The van der Waals surface area contributed by atoms with E-state index in [0.29, 0.717) is 17.1 Å². The summed E-state index contributed by atoms with van der Waals surface area (Å²) in [4.78, 5) is 0.200. The molecule has 0 heterocycles. The Morgan fingerprint density at radius 2 is 1.70 bits per heavy atom. The van der Waals surface area contributed by atoms with Crippen molar-refractivity contribution in [2.75, 3.05) is 12.3 Å². The molecule has 0 bridgehead atoms. The van der Waals surface area contributed by atoms with Gasteiger partial charge in [-0.05, 0) is 42.3 Å². The molecule has 0 fully saturated rings. The van der Waals surface area contributed by atoms with Crippen LogP contribution in [0.5, 0.6) is 0 Å². The maximum Gasteiger partial charge on any atom is 0.240 e. The summed E-state index contributed by atoms with van der Waals surface area (Å²) >= 11 is 6.02. The number of hydrogen-bond acceptors (Lipinski definition) is 3. The third-order valence-corrected chi connectivity index (χ3v) is 4.68. The molecule has 2 aromatic rings. The summed E-state index contributed by atoms with van der Waals surface area (Å²) < 4.78 is 26.6. The first-order valence-corrected chi connectivity index (χ1v) is 7.94. The van der Waals surface area contributed by atoms with Gasteiger partial charge in [0.05, 0.1) is 4.90 Å². The molecule has 106 valence electrons. The highest BCUT2D eigenvalue weighted by Gasteiger charge is 2.13. The van der Waals surface area contributed by atoms with Gasteiger partial charge in [0.15, 0.2) is 0 Å². The molecule has 0 aliphatic rings. The summed E-state index contributed by atoms with van der Waals surface area (Å²) in [5.74, 6) is 0. The van der Waals surface area contributed by atoms with Crippen molar-refractivity contribution in [3.05, 3.63) is 59.1 Å². The van der Waals surface area contributed by atoms with Crippen LogP contribution in [-0.2, 0) is 16.4 Å². The van der Waals surface area contributed by atoms with E-state index in [1.807, 2.05) is 18.2 Å². The molecule has 0 atom stereocenters. The summed E-state index contributed by atoms with van der Waals surface area (Å²) in [6.45, 7) is 0.288. The quantitative estimate of drug-likeness (QED) is 0.833. The lowest BCUT2D eigenvalue weighted by molar-refractivity contribution is 0.581. The van der Waals surface area contributed by atoms with Gasteiger partial charge >= 0.3 is 0 Å². The van der Waals surface area contributed by atoms with Crippen LogP contribution in [0.25, 0.3) is 0 Å². The minimum atomic E-state index is -3.51. The topological polar surface area (TPSA) is 72.2 Å². The van der Waals surface area contributed by atoms with Crippen LogP contribution >= 0.6 is 11.6 Å². The second kappa shape index (κ2) is 6.26. The fourth-order valence-electron chi connectivity index (χ4n) is 1.75. The van der Waals surface area contributed by atoms with Crippen LogP contribution in [0.3, 0.4) is 0 Å². The minimum Gasteiger partial charge on any atom is -0.399 e. The molecule has 0 saturated heterocycles. The van der Waals surface area contributed by atoms with Crippen LogP contribution in [0.1, 0.15) is 5.56 Å². The van der Waals surface area contributed by atoms with E-state index in [4.69, 9.17) is 17.3 Å². The molecule has 6 heteroatoms. The Bertz CT molecular complexity index is 685. The highest BCUT2D eigenvalue weighted by Crippen LogP contribution is 2.15. The molecule has 2 rings (SSSR count). The van der Waals surface area contributed by atoms with Crippen LogP contribution < -0.4 is 10.5 Å². The van der Waals surface area contributed by atoms with Gasteiger partial charge in [-0.25, -0.2) is 13.1 Å². The van der Waals surface area contributed by atoms with E-state index in [-0.39, 0.29) is 11.4 Å². The number of rotatable bonds is 5. The molecule has 0 aliphatic heterocycles. The van der Waals surface area contributed by atoms with Crippen molar-refractivity contribution in [1.82, 2.24) is 4.72 Å². The lowest BCUT2D eigenvalue weighted by Crippen LogP contribution is -2.26. The number of nitrogens with two attached hydrogens (primary N) is 1. The molecule has 2 aromatic carbocycles. The van der Waals surface area contributed by atoms with E-state index in [1.165, 1.54) is 12.1 Å². The van der Waals surface area contributed by atoms with E-state index in [0.717, 1.165) is 5.56 Å². The lowest BCUT2D eigenvalue weighted by Gasteiger charge is -2.08. The van der Waals surface area contributed by atoms with E-state index < -0.39 is 10.0 Å². The van der Waals surface area contributed by atoms with Gasteiger partial charge in [0.25, 0.3) is 0 Å². The van der Waals surface area contributed by atoms with E-state index in [2.05, 4.69) is 4.72 Å². The molecular weight excluding hydrogens is 296 g/mol. The Labute approximate surface area is 123 Å². The molecule has 20 heavy (non-hydrogen) atoms. The number of nitrogens with one attached hydrogen (secondary N) is 1. The summed E-state index contributed by atoms with van der Waals surface area (Å²) in [5, 5.41) is 0.638. The molecular formula is C14H15ClN2O2S. The van der Waals surface area contributed by atoms with Crippen molar-refractivity contribution in [3.63, 3.8) is 0 Å². The van der Waals surface area contributed by atoms with Gasteiger partial charge in [-0.15, -0.1) is 0 Å². The number of benzene rings is 2. The van der Waals surface area contributed by atoms with Gasteiger partial charge in [-0.3, -0.25) is 0 Å². The Hall–Kier alpha value is -1.56. The average Bonchev–Trinajstić information content (AvgIpc) is 2.41. The average molecular weight is 311 g/mol. The summed E-state index contributed by atoms with van der Waals surface area (Å²) in [7, 11) is -3.51. The molecule has 0 unspecified atom stereocenters. The number of hydrogen-bond donors (Lipinski definition) is 2. The summed E-state index contributed by atoms with van der Waals surface area (Å²) in [6, 6.07) is 13.4. The monoisotopic (exact) mass is 310 g/mol. The van der Waals surface area contributed by atoms with Crippen molar-refractivity contribution in [2.45, 2.75) is 11.3 Å². The third kappa shape index (κ3) is 3.72. The molecule has 0 radical (unpaired) electrons. The Kier molecular flexibility index (Phi) is 4.65. The van der Waals surface area contributed by atoms with Gasteiger partial charge in [0, 0.05) is 17.3 Å². The first kappa shape index (κ1) is 14.8. The van der Waals surface area contributed by atoms with Crippen molar-refractivity contribution in [1.29, 1.82) is 0 Å². The highest BCUT2D eigenvalue weighted by molar-refractivity contribution is 7.89. The molecule has 3 N–H and O–H groups in total. The second-order valence-corrected chi connectivity index (χ2v) is 6.48. The van der Waals surface area contributed by atoms with Crippen LogP contribution in [-0.4, -0.2) is 15.0 Å². The zero-order valence-corrected chi connectivity index (χ0v) is 12.3. The molecule has 4 nitrogen and oxygen atoms in total. The minimum absolute atomic E-state index is 0.200. The molecule has 0 spiro atoms. The maximum absolute atomic E-state index is 12.0. The van der Waals surface area contributed by atoms with Gasteiger partial charge in [-0.2, -0.15) is 0 Å². The Balaban J connectivity index is 2.00. The standard InChI is InChI=1S/C14H15ClN2O2S/c15-14-4-2-1-3-11(14)9-10-17-20(18,19)13-7-5-12(16)6-8-13/h1-8,17H,9-10,16H2. The lowest BCUT2D eigenvalue weighted by atomic mass is 10.1. The summed E-state index contributed by atoms with van der Waals surface area (Å²) in [5.41, 5.74) is 6.97. The van der Waals surface area contributed by atoms with Crippen molar-refractivity contribution in [2.24, 2.45) is 0 Å². The molecule has 0 aliphatic carbocycles. The zero-order chi connectivity index (χ0) is 14.6. The van der Waals surface area contributed by atoms with Gasteiger partial charge in [0.1, 0.15) is 0 Å². The number of halogens is 1. The van der Waals surface area contributed by atoms with Crippen LogP contribution in [0, 0.1) is 0 Å². The largest absolute Gasteiger partial charge is 0.399 e. The fraction of sp³-hybridized carbons (Fsp3) is 0.143. The molecule has 0 amide bonds. The van der Waals surface area contributed by atoms with Crippen LogP contribution in [0.2, 0.25) is 5.02 Å². The SMILES string of the molecule is Nc1ccc(S(=O)(=O)NCCc2ccccc2Cl)cc1. The molecule has 0 saturated carbocycles. The van der Waals surface area contributed by atoms with Gasteiger partial charge in [0.2, 0.25) is 10.0 Å². The predicted octanol–water partition coefficient (Wildman–Crippen LogP) is 2.44. The molecule has 0 aromatic heterocycles. The summed E-state index contributed by atoms with van der Waals surface area (Å²) in [6.07, 6.45) is 0.536. The second-order valence-electron chi connectivity index (χ2n) is 4.31. The van der Waals surface area contributed by atoms with E-state index in [1.54, 1.807) is 18.2 Å². The van der Waals surface area contributed by atoms with E-state index >= 15 is 0 Å². The number of nitrogen functional groups attached to an aromatic ring is 1. The number of anilines is 1. The Morgan fingerprint density at radius 1 is 1.05 bits per heavy atom. The predicted molar refractivity (Wildman–Crippen MR) is 81.2 cm³/mol. The zero-order valence-electron chi connectivity index (χ0n) is 10.7. The van der Waals surface area contributed by atoms with Gasteiger partial charge in [-0.1, -0.05) is 29.8 Å². The van der Waals surface area contributed by atoms with Gasteiger partial charge < -0.3 is 5.73 Å². The first-order chi connectivity index (χ1) is 9.49. The van der Waals surface area contributed by atoms with Crippen LogP contribution in [0.4, 0.5) is 5.69 Å². The van der Waals surface area contributed by atoms with Crippen LogP contribution in [0.15, 0.2) is 53.4 Å². The third-order valence-electron chi connectivity index (χ3n) is 2.83. The highest BCUT2D eigenvalue weighted by atomic mass is 35.5.